The predicted octanol–water partition coefficient (Wildman–Crippen LogP) is 4.98. The summed E-state index contributed by atoms with van der Waals surface area (Å²) in [5.41, 5.74) is 2.70. The minimum absolute atomic E-state index is 0.0234. The molecule has 33 heavy (non-hydrogen) atoms. The molecule has 172 valence electrons. The first-order chi connectivity index (χ1) is 16.2. The topological polar surface area (TPSA) is 65.8 Å². The maximum absolute atomic E-state index is 13.5. The number of amides is 2. The summed E-state index contributed by atoms with van der Waals surface area (Å²) >= 11 is 0. The highest BCUT2D eigenvalue weighted by Gasteiger charge is 2.32. The van der Waals surface area contributed by atoms with Gasteiger partial charge in [-0.05, 0) is 49.1 Å². The predicted molar refractivity (Wildman–Crippen MR) is 130 cm³/mol. The molecule has 0 atom stereocenters. The summed E-state index contributed by atoms with van der Waals surface area (Å²) < 4.78 is 5.45. The van der Waals surface area contributed by atoms with Crippen LogP contribution in [0.5, 0.6) is 0 Å². The van der Waals surface area contributed by atoms with Crippen LogP contribution >= 0.6 is 0 Å². The molecular weight excluding hydrogens is 414 g/mol. The number of piperidine rings is 1. The van der Waals surface area contributed by atoms with Crippen LogP contribution < -0.4 is 10.2 Å². The fraction of sp³-hybridized carbons (Fsp3) is 0.333. The Balaban J connectivity index is 1.51. The third-order valence-electron chi connectivity index (χ3n) is 6.19. The lowest BCUT2D eigenvalue weighted by atomic mass is 10.0. The summed E-state index contributed by atoms with van der Waals surface area (Å²) in [4.78, 5) is 29.9. The first-order valence-corrected chi connectivity index (χ1v) is 11.7. The monoisotopic (exact) mass is 445 g/mol. The molecule has 1 saturated heterocycles. The van der Waals surface area contributed by atoms with Crippen LogP contribution in [0.15, 0.2) is 77.4 Å². The lowest BCUT2D eigenvalue weighted by Gasteiger charge is -2.39. The van der Waals surface area contributed by atoms with E-state index in [1.165, 1.54) is 11.8 Å². The van der Waals surface area contributed by atoms with E-state index in [2.05, 4.69) is 34.5 Å². The zero-order chi connectivity index (χ0) is 23.0. The third kappa shape index (κ3) is 5.71. The molecule has 4 rings (SSSR count). The van der Waals surface area contributed by atoms with Gasteiger partial charge in [0.15, 0.2) is 5.76 Å². The minimum Gasteiger partial charge on any atom is -0.459 e. The molecule has 3 aromatic rings. The standard InChI is InChI=1S/C27H31N3O3/c1-2-26(31)28-23-11-6-7-12-24(23)30(27(32)25-13-8-20-33-25)22-15-18-29(19-16-22)17-14-21-9-4-3-5-10-21/h3-13,20,22H,2,14-19H2,1H3,(H,28,31). The van der Waals surface area contributed by atoms with Gasteiger partial charge in [-0.1, -0.05) is 49.4 Å². The van der Waals surface area contributed by atoms with E-state index in [0.717, 1.165) is 38.9 Å². The number of hydrogen-bond donors (Lipinski definition) is 1. The Hall–Kier alpha value is -3.38. The molecule has 1 fully saturated rings. The van der Waals surface area contributed by atoms with Crippen molar-refractivity contribution in [3.05, 3.63) is 84.3 Å². The highest BCUT2D eigenvalue weighted by Crippen LogP contribution is 2.32. The van der Waals surface area contributed by atoms with Crippen LogP contribution in [0, 0.1) is 0 Å². The van der Waals surface area contributed by atoms with Gasteiger partial charge in [-0.25, -0.2) is 0 Å². The summed E-state index contributed by atoms with van der Waals surface area (Å²) in [7, 11) is 0. The van der Waals surface area contributed by atoms with E-state index in [0.29, 0.717) is 23.6 Å². The summed E-state index contributed by atoms with van der Waals surface area (Å²) in [6.45, 7) is 4.66. The molecule has 6 heteroatoms. The fourth-order valence-corrected chi connectivity index (χ4v) is 4.35. The van der Waals surface area contributed by atoms with Gasteiger partial charge in [-0.15, -0.1) is 0 Å². The van der Waals surface area contributed by atoms with Crippen molar-refractivity contribution in [3.63, 3.8) is 0 Å². The average molecular weight is 446 g/mol. The molecule has 6 nitrogen and oxygen atoms in total. The van der Waals surface area contributed by atoms with Crippen molar-refractivity contribution in [3.8, 4) is 0 Å². The summed E-state index contributed by atoms with van der Waals surface area (Å²) in [5, 5.41) is 2.95. The third-order valence-corrected chi connectivity index (χ3v) is 6.19. The van der Waals surface area contributed by atoms with E-state index in [4.69, 9.17) is 4.42 Å². The molecule has 1 aromatic heterocycles. The van der Waals surface area contributed by atoms with Crippen LogP contribution in [-0.2, 0) is 11.2 Å². The van der Waals surface area contributed by atoms with E-state index in [1.807, 2.05) is 42.2 Å². The molecule has 0 saturated carbocycles. The number of carbonyl (C=O) groups excluding carboxylic acids is 2. The number of nitrogens with one attached hydrogen (secondary N) is 1. The zero-order valence-corrected chi connectivity index (χ0v) is 19.1. The second-order valence-corrected chi connectivity index (χ2v) is 8.38. The van der Waals surface area contributed by atoms with E-state index >= 15 is 0 Å². The highest BCUT2D eigenvalue weighted by molar-refractivity contribution is 6.08. The van der Waals surface area contributed by atoms with Gasteiger partial charge in [0.25, 0.3) is 5.91 Å². The van der Waals surface area contributed by atoms with Crippen LogP contribution in [0.2, 0.25) is 0 Å². The quantitative estimate of drug-likeness (QED) is 0.531. The van der Waals surface area contributed by atoms with Gasteiger partial charge < -0.3 is 19.5 Å². The van der Waals surface area contributed by atoms with E-state index < -0.39 is 0 Å². The molecule has 2 amide bonds. The van der Waals surface area contributed by atoms with Gasteiger partial charge >= 0.3 is 0 Å². The Kier molecular flexibility index (Phi) is 7.58. The lowest BCUT2D eigenvalue weighted by molar-refractivity contribution is -0.115. The zero-order valence-electron chi connectivity index (χ0n) is 19.1. The van der Waals surface area contributed by atoms with Crippen LogP contribution in [0.25, 0.3) is 0 Å². The van der Waals surface area contributed by atoms with Gasteiger partial charge in [0.1, 0.15) is 0 Å². The first kappa shape index (κ1) is 22.8. The van der Waals surface area contributed by atoms with Crippen molar-refractivity contribution in [2.24, 2.45) is 0 Å². The molecule has 0 bridgehead atoms. The molecule has 1 aliphatic rings. The van der Waals surface area contributed by atoms with Crippen molar-refractivity contribution in [2.45, 2.75) is 38.6 Å². The van der Waals surface area contributed by atoms with Gasteiger partial charge in [-0.3, -0.25) is 9.59 Å². The minimum atomic E-state index is -0.180. The van der Waals surface area contributed by atoms with Crippen LogP contribution in [0.1, 0.15) is 42.3 Å². The molecule has 2 aromatic carbocycles. The second-order valence-electron chi connectivity index (χ2n) is 8.38. The van der Waals surface area contributed by atoms with Gasteiger partial charge in [-0.2, -0.15) is 0 Å². The van der Waals surface area contributed by atoms with Crippen molar-refractivity contribution < 1.29 is 14.0 Å². The Morgan fingerprint density at radius 2 is 1.73 bits per heavy atom. The first-order valence-electron chi connectivity index (χ1n) is 11.7. The van der Waals surface area contributed by atoms with Crippen LogP contribution in [0.4, 0.5) is 11.4 Å². The number of para-hydroxylation sites is 2. The molecular formula is C27H31N3O3. The lowest BCUT2D eigenvalue weighted by Crippen LogP contribution is -2.48. The SMILES string of the molecule is CCC(=O)Nc1ccccc1N(C(=O)c1ccco1)C1CCN(CCc2ccccc2)CC1. The number of hydrogen-bond acceptors (Lipinski definition) is 4. The molecule has 1 N–H and O–H groups in total. The maximum Gasteiger partial charge on any atom is 0.294 e. The molecule has 2 heterocycles. The smallest absolute Gasteiger partial charge is 0.294 e. The highest BCUT2D eigenvalue weighted by atomic mass is 16.3. The number of rotatable bonds is 8. The van der Waals surface area contributed by atoms with E-state index in [9.17, 15) is 9.59 Å². The number of likely N-dealkylation sites (tertiary alicyclic amines) is 1. The Labute approximate surface area is 195 Å². The number of anilines is 2. The molecule has 1 aliphatic heterocycles. The number of carbonyl (C=O) groups is 2. The molecule has 0 radical (unpaired) electrons. The Bertz CT molecular complexity index is 1040. The van der Waals surface area contributed by atoms with Crippen molar-refractivity contribution >= 4 is 23.2 Å². The van der Waals surface area contributed by atoms with Crippen LogP contribution in [-0.4, -0.2) is 42.4 Å². The number of nitrogens with zero attached hydrogens (tertiary/aromatic N) is 2. The molecule has 0 spiro atoms. The number of benzene rings is 2. The molecule has 0 unspecified atom stereocenters. The number of furan rings is 1. The summed E-state index contributed by atoms with van der Waals surface area (Å²) in [6, 6.07) is 21.5. The van der Waals surface area contributed by atoms with Crippen molar-refractivity contribution in [1.29, 1.82) is 0 Å². The second kappa shape index (κ2) is 11.0. The molecule has 0 aliphatic carbocycles. The van der Waals surface area contributed by atoms with E-state index in [-0.39, 0.29) is 17.9 Å². The van der Waals surface area contributed by atoms with Gasteiger partial charge in [0.05, 0.1) is 17.6 Å². The van der Waals surface area contributed by atoms with Gasteiger partial charge in [0.2, 0.25) is 5.91 Å². The van der Waals surface area contributed by atoms with Crippen LogP contribution in [0.3, 0.4) is 0 Å². The largest absolute Gasteiger partial charge is 0.459 e. The summed E-state index contributed by atoms with van der Waals surface area (Å²) in [6.07, 6.45) is 4.63. The van der Waals surface area contributed by atoms with Crippen molar-refractivity contribution in [1.82, 2.24) is 4.90 Å². The average Bonchev–Trinajstić information content (AvgIpc) is 3.40. The Morgan fingerprint density at radius 1 is 1.00 bits per heavy atom. The normalized spacial score (nSPS) is 14.7. The fourth-order valence-electron chi connectivity index (χ4n) is 4.35. The van der Waals surface area contributed by atoms with E-state index in [1.54, 1.807) is 12.1 Å². The summed E-state index contributed by atoms with van der Waals surface area (Å²) in [5.74, 6) is 0.0441. The van der Waals surface area contributed by atoms with Crippen molar-refractivity contribution in [2.75, 3.05) is 29.9 Å². The maximum atomic E-state index is 13.5. The van der Waals surface area contributed by atoms with Gasteiger partial charge in [0, 0.05) is 32.1 Å². The Morgan fingerprint density at radius 3 is 2.42 bits per heavy atom.